The summed E-state index contributed by atoms with van der Waals surface area (Å²) in [7, 11) is 0. The summed E-state index contributed by atoms with van der Waals surface area (Å²) < 4.78 is 0. The molecule has 1 aromatic heterocycles. The van der Waals surface area contributed by atoms with Gasteiger partial charge < -0.3 is 10.6 Å². The number of ketones is 1. The van der Waals surface area contributed by atoms with Crippen LogP contribution in [-0.4, -0.2) is 11.8 Å². The summed E-state index contributed by atoms with van der Waals surface area (Å²) in [5.41, 5.74) is 5.95. The van der Waals surface area contributed by atoms with Crippen molar-refractivity contribution in [2.24, 2.45) is 5.41 Å². The van der Waals surface area contributed by atoms with Crippen LogP contribution in [-0.2, 0) is 4.79 Å². The van der Waals surface area contributed by atoms with E-state index in [1.807, 2.05) is 73.8 Å². The van der Waals surface area contributed by atoms with Crippen LogP contribution >= 0.6 is 11.3 Å². The molecule has 5 rings (SSSR count). The van der Waals surface area contributed by atoms with Crippen molar-refractivity contribution >= 4 is 40.2 Å². The second kappa shape index (κ2) is 8.44. The third kappa shape index (κ3) is 3.92. The number of urea groups is 1. The molecule has 0 fully saturated rings. The van der Waals surface area contributed by atoms with Gasteiger partial charge in [0.15, 0.2) is 5.78 Å². The van der Waals surface area contributed by atoms with E-state index in [1.54, 1.807) is 16.2 Å². The van der Waals surface area contributed by atoms with Crippen molar-refractivity contribution in [1.82, 2.24) is 0 Å². The molecule has 174 valence electrons. The number of thiophene rings is 1. The van der Waals surface area contributed by atoms with E-state index in [9.17, 15) is 9.59 Å². The molecule has 1 aliphatic carbocycles. The molecule has 34 heavy (non-hydrogen) atoms. The minimum absolute atomic E-state index is 0.0921. The van der Waals surface area contributed by atoms with Crippen LogP contribution < -0.4 is 15.5 Å². The Labute approximate surface area is 204 Å². The Kier molecular flexibility index (Phi) is 5.56. The highest BCUT2D eigenvalue weighted by molar-refractivity contribution is 7.10. The van der Waals surface area contributed by atoms with Crippen LogP contribution in [0.3, 0.4) is 0 Å². The van der Waals surface area contributed by atoms with Crippen LogP contribution in [0.25, 0.3) is 0 Å². The van der Waals surface area contributed by atoms with Crippen molar-refractivity contribution in [2.75, 3.05) is 15.5 Å². The summed E-state index contributed by atoms with van der Waals surface area (Å²) in [6.45, 7) is 8.29. The minimum atomic E-state index is -0.500. The number of carbonyl (C=O) groups excluding carboxylic acids is 2. The van der Waals surface area contributed by atoms with Crippen LogP contribution in [0.1, 0.15) is 48.7 Å². The lowest BCUT2D eigenvalue weighted by Gasteiger charge is -2.36. The number of hydrogen-bond donors (Lipinski definition) is 2. The van der Waals surface area contributed by atoms with Crippen LogP contribution in [0.2, 0.25) is 0 Å². The van der Waals surface area contributed by atoms with Gasteiger partial charge in [0.2, 0.25) is 0 Å². The first-order valence-electron chi connectivity index (χ1n) is 11.6. The second-order valence-corrected chi connectivity index (χ2v) is 10.9. The third-order valence-corrected chi connectivity index (χ3v) is 7.70. The lowest BCUT2D eigenvalue weighted by Crippen LogP contribution is -2.41. The number of fused-ring (bicyclic) bond motifs is 1. The molecule has 2 amide bonds. The molecule has 1 aliphatic heterocycles. The lowest BCUT2D eigenvalue weighted by atomic mass is 9.74. The lowest BCUT2D eigenvalue weighted by molar-refractivity contribution is -0.118. The molecular formula is C28H29N3O2S. The van der Waals surface area contributed by atoms with Gasteiger partial charge in [0.05, 0.1) is 11.4 Å². The van der Waals surface area contributed by atoms with E-state index in [2.05, 4.69) is 24.5 Å². The fourth-order valence-electron chi connectivity index (χ4n) is 4.99. The molecule has 2 aliphatic rings. The molecule has 2 heterocycles. The van der Waals surface area contributed by atoms with Gasteiger partial charge in [0.1, 0.15) is 6.04 Å². The van der Waals surface area contributed by atoms with Gasteiger partial charge in [0.25, 0.3) is 0 Å². The SMILES string of the molecule is Cc1cccc(NC(=O)N2c3ccccc3NC3=C(C(=O)CC(C)(C)C3)C2c2cccs2)c1C. The molecule has 3 aromatic rings. The maximum absolute atomic E-state index is 14.0. The summed E-state index contributed by atoms with van der Waals surface area (Å²) in [4.78, 5) is 30.4. The standard InChI is InChI=1S/C28H29N3O2S/c1-17-9-7-11-19(18(17)2)30-27(33)31-22-12-6-5-10-20(22)29-21-15-28(3,4)16-23(32)25(21)26(31)24-13-8-14-34-24/h5-14,26,29H,15-16H2,1-4H3,(H,30,33). The van der Waals surface area contributed by atoms with Gasteiger partial charge in [-0.15, -0.1) is 11.3 Å². The number of carbonyl (C=O) groups is 2. The monoisotopic (exact) mass is 471 g/mol. The maximum Gasteiger partial charge on any atom is 0.327 e. The van der Waals surface area contributed by atoms with Crippen molar-refractivity contribution in [3.63, 3.8) is 0 Å². The predicted molar refractivity (Wildman–Crippen MR) is 140 cm³/mol. The molecular weight excluding hydrogens is 442 g/mol. The van der Waals surface area contributed by atoms with Gasteiger partial charge in [-0.1, -0.05) is 44.2 Å². The van der Waals surface area contributed by atoms with Gasteiger partial charge in [-0.05, 0) is 66.5 Å². The number of anilines is 3. The zero-order valence-corrected chi connectivity index (χ0v) is 20.8. The van der Waals surface area contributed by atoms with E-state index in [1.165, 1.54) is 0 Å². The number of hydrogen-bond acceptors (Lipinski definition) is 4. The Hall–Kier alpha value is -3.38. The Morgan fingerprint density at radius 2 is 1.85 bits per heavy atom. The molecule has 5 nitrogen and oxygen atoms in total. The first-order chi connectivity index (χ1) is 16.2. The average molecular weight is 472 g/mol. The van der Waals surface area contributed by atoms with Crippen LogP contribution in [0.5, 0.6) is 0 Å². The van der Waals surface area contributed by atoms with E-state index < -0.39 is 6.04 Å². The smallest absolute Gasteiger partial charge is 0.327 e. The first-order valence-corrected chi connectivity index (χ1v) is 12.5. The average Bonchev–Trinajstić information content (AvgIpc) is 3.26. The number of para-hydroxylation sites is 2. The molecule has 1 unspecified atom stereocenters. The van der Waals surface area contributed by atoms with E-state index in [-0.39, 0.29) is 17.2 Å². The van der Waals surface area contributed by atoms with Crippen molar-refractivity contribution in [2.45, 2.75) is 46.6 Å². The van der Waals surface area contributed by atoms with E-state index in [0.717, 1.165) is 45.2 Å². The summed E-state index contributed by atoms with van der Waals surface area (Å²) in [6, 6.07) is 16.9. The summed E-state index contributed by atoms with van der Waals surface area (Å²) >= 11 is 1.57. The Morgan fingerprint density at radius 3 is 2.62 bits per heavy atom. The topological polar surface area (TPSA) is 61.4 Å². The molecule has 1 atom stereocenters. The van der Waals surface area contributed by atoms with Crippen LogP contribution in [0.4, 0.5) is 21.9 Å². The number of rotatable bonds is 2. The number of Topliss-reactive ketones (excluding diaryl/α,β-unsaturated/α-hetero) is 1. The zero-order valence-electron chi connectivity index (χ0n) is 19.9. The summed E-state index contributed by atoms with van der Waals surface area (Å²) in [6.07, 6.45) is 1.20. The predicted octanol–water partition coefficient (Wildman–Crippen LogP) is 7.21. The minimum Gasteiger partial charge on any atom is -0.357 e. The quantitative estimate of drug-likeness (QED) is 0.415. The molecule has 2 aromatic carbocycles. The number of amides is 2. The highest BCUT2D eigenvalue weighted by Crippen LogP contribution is 2.49. The number of allylic oxidation sites excluding steroid dienone is 1. The van der Waals surface area contributed by atoms with Gasteiger partial charge in [-0.3, -0.25) is 9.69 Å². The Bertz CT molecular complexity index is 1310. The summed E-state index contributed by atoms with van der Waals surface area (Å²) in [5, 5.41) is 8.69. The highest BCUT2D eigenvalue weighted by Gasteiger charge is 2.43. The molecule has 0 bridgehead atoms. The fraction of sp³-hybridized carbons (Fsp3) is 0.286. The molecule has 2 N–H and O–H groups in total. The third-order valence-electron chi connectivity index (χ3n) is 6.78. The van der Waals surface area contributed by atoms with Crippen molar-refractivity contribution in [3.8, 4) is 0 Å². The first kappa shape index (κ1) is 22.4. The fourth-order valence-corrected chi connectivity index (χ4v) is 5.81. The van der Waals surface area contributed by atoms with Gasteiger partial charge in [-0.2, -0.15) is 0 Å². The second-order valence-electron chi connectivity index (χ2n) is 9.94. The van der Waals surface area contributed by atoms with Crippen LogP contribution in [0, 0.1) is 19.3 Å². The largest absolute Gasteiger partial charge is 0.357 e. The molecule has 6 heteroatoms. The van der Waals surface area contributed by atoms with Crippen LogP contribution in [0.15, 0.2) is 71.2 Å². The Balaban J connectivity index is 1.69. The number of nitrogens with zero attached hydrogens (tertiary/aromatic N) is 1. The number of aryl methyl sites for hydroxylation is 1. The number of nitrogens with one attached hydrogen (secondary N) is 2. The van der Waals surface area contributed by atoms with Crippen molar-refractivity contribution in [3.05, 3.63) is 87.3 Å². The zero-order chi connectivity index (χ0) is 24.0. The van der Waals surface area contributed by atoms with Crippen molar-refractivity contribution < 1.29 is 9.59 Å². The van der Waals surface area contributed by atoms with Gasteiger partial charge >= 0.3 is 6.03 Å². The Morgan fingerprint density at radius 1 is 1.06 bits per heavy atom. The van der Waals surface area contributed by atoms with E-state index in [4.69, 9.17) is 0 Å². The van der Waals surface area contributed by atoms with Gasteiger partial charge in [-0.25, -0.2) is 4.79 Å². The van der Waals surface area contributed by atoms with E-state index in [0.29, 0.717) is 12.0 Å². The molecule has 0 radical (unpaired) electrons. The molecule has 0 spiro atoms. The normalized spacial score (nSPS) is 19.1. The number of benzene rings is 2. The maximum atomic E-state index is 14.0. The van der Waals surface area contributed by atoms with Gasteiger partial charge in [0, 0.05) is 28.3 Å². The molecule has 0 saturated carbocycles. The molecule has 0 saturated heterocycles. The van der Waals surface area contributed by atoms with E-state index >= 15 is 0 Å². The highest BCUT2D eigenvalue weighted by atomic mass is 32.1. The van der Waals surface area contributed by atoms with Crippen molar-refractivity contribution in [1.29, 1.82) is 0 Å². The summed E-state index contributed by atoms with van der Waals surface area (Å²) in [5.74, 6) is 0.0921.